The van der Waals surface area contributed by atoms with Gasteiger partial charge in [0.1, 0.15) is 10.7 Å². The molecule has 0 unspecified atom stereocenters. The molecule has 3 rings (SSSR count). The first kappa shape index (κ1) is 18.1. The lowest BCUT2D eigenvalue weighted by atomic mass is 10.3. The number of aromatic nitrogens is 1. The summed E-state index contributed by atoms with van der Waals surface area (Å²) < 4.78 is 38.2. The Balaban J connectivity index is 1.85. The fourth-order valence-electron chi connectivity index (χ4n) is 2.74. The summed E-state index contributed by atoms with van der Waals surface area (Å²) in [5, 5.41) is 4.71. The standard InChI is InChI=1S/C15H19N3O5S2/c1-9-7-18(8-10(2)22-9)25(20,21)13-6-12(23-11(13)3)14(19)17-15-16-4-5-24-15/h4-6,9-10H,7-8H2,1-3H3,(H,16,17,19)/t9-,10+. The van der Waals surface area contributed by atoms with Gasteiger partial charge >= 0.3 is 0 Å². The summed E-state index contributed by atoms with van der Waals surface area (Å²) in [6.45, 7) is 5.71. The third kappa shape index (κ3) is 3.76. The highest BCUT2D eigenvalue weighted by atomic mass is 32.2. The lowest BCUT2D eigenvalue weighted by Crippen LogP contribution is -2.48. The molecule has 1 fully saturated rings. The minimum absolute atomic E-state index is 0.00177. The van der Waals surface area contributed by atoms with Gasteiger partial charge in [-0.15, -0.1) is 11.3 Å². The molecule has 3 heterocycles. The number of carbonyl (C=O) groups excluding carboxylic acids is 1. The summed E-state index contributed by atoms with van der Waals surface area (Å²) in [6, 6.07) is 1.26. The van der Waals surface area contributed by atoms with Crippen LogP contribution in [0.5, 0.6) is 0 Å². The molecule has 2 atom stereocenters. The second-order valence-corrected chi connectivity index (χ2v) is 8.70. The van der Waals surface area contributed by atoms with Crippen molar-refractivity contribution in [3.05, 3.63) is 29.2 Å². The first-order valence-corrected chi connectivity index (χ1v) is 10.1. The van der Waals surface area contributed by atoms with Gasteiger partial charge in [-0.25, -0.2) is 13.4 Å². The van der Waals surface area contributed by atoms with Crippen LogP contribution in [-0.4, -0.2) is 48.9 Å². The topological polar surface area (TPSA) is 102 Å². The van der Waals surface area contributed by atoms with E-state index < -0.39 is 15.9 Å². The van der Waals surface area contributed by atoms with Crippen LogP contribution < -0.4 is 5.32 Å². The Morgan fingerprint density at radius 1 is 1.36 bits per heavy atom. The number of carbonyl (C=O) groups is 1. The first-order chi connectivity index (χ1) is 11.8. The predicted octanol–water partition coefficient (Wildman–Crippen LogP) is 2.09. The molecule has 1 aliphatic rings. The van der Waals surface area contributed by atoms with Crippen molar-refractivity contribution in [1.29, 1.82) is 0 Å². The van der Waals surface area contributed by atoms with Crippen LogP contribution in [0.2, 0.25) is 0 Å². The van der Waals surface area contributed by atoms with E-state index in [1.165, 1.54) is 28.6 Å². The molecule has 0 spiro atoms. The van der Waals surface area contributed by atoms with E-state index in [9.17, 15) is 13.2 Å². The molecule has 1 N–H and O–H groups in total. The van der Waals surface area contributed by atoms with Gasteiger partial charge in [-0.2, -0.15) is 4.31 Å². The maximum absolute atomic E-state index is 12.9. The fraction of sp³-hybridized carbons (Fsp3) is 0.467. The Kier molecular flexibility index (Phi) is 4.96. The Morgan fingerprint density at radius 2 is 2.04 bits per heavy atom. The van der Waals surface area contributed by atoms with Crippen molar-refractivity contribution in [2.24, 2.45) is 0 Å². The van der Waals surface area contributed by atoms with Gasteiger partial charge in [0.15, 0.2) is 10.9 Å². The molecule has 0 aromatic carbocycles. The van der Waals surface area contributed by atoms with E-state index in [1.54, 1.807) is 11.6 Å². The molecule has 136 valence electrons. The molecule has 0 aliphatic carbocycles. The van der Waals surface area contributed by atoms with Crippen LogP contribution in [-0.2, 0) is 14.8 Å². The van der Waals surface area contributed by atoms with Crippen molar-refractivity contribution >= 4 is 32.4 Å². The van der Waals surface area contributed by atoms with E-state index in [4.69, 9.17) is 9.15 Å². The molecule has 8 nitrogen and oxygen atoms in total. The largest absolute Gasteiger partial charge is 0.455 e. The number of amides is 1. The maximum atomic E-state index is 12.9. The van der Waals surface area contributed by atoms with Crippen LogP contribution in [0.1, 0.15) is 30.2 Å². The first-order valence-electron chi connectivity index (χ1n) is 7.74. The number of hydrogen-bond acceptors (Lipinski definition) is 7. The van der Waals surface area contributed by atoms with E-state index in [0.29, 0.717) is 5.13 Å². The molecular formula is C15H19N3O5S2. The van der Waals surface area contributed by atoms with E-state index in [1.807, 2.05) is 13.8 Å². The zero-order valence-corrected chi connectivity index (χ0v) is 15.7. The third-order valence-electron chi connectivity index (χ3n) is 3.75. The molecular weight excluding hydrogens is 366 g/mol. The summed E-state index contributed by atoms with van der Waals surface area (Å²) >= 11 is 1.26. The summed E-state index contributed by atoms with van der Waals surface area (Å²) in [7, 11) is -3.77. The average molecular weight is 385 g/mol. The van der Waals surface area contributed by atoms with Crippen molar-refractivity contribution in [2.45, 2.75) is 37.9 Å². The van der Waals surface area contributed by atoms with Gasteiger partial charge in [0.05, 0.1) is 12.2 Å². The van der Waals surface area contributed by atoms with Gasteiger partial charge in [0.2, 0.25) is 10.0 Å². The minimum Gasteiger partial charge on any atom is -0.455 e. The highest BCUT2D eigenvalue weighted by Gasteiger charge is 2.35. The summed E-state index contributed by atoms with van der Waals surface area (Å²) in [5.74, 6) is -0.431. The molecule has 1 saturated heterocycles. The van der Waals surface area contributed by atoms with Gasteiger partial charge in [-0.3, -0.25) is 10.1 Å². The van der Waals surface area contributed by atoms with Crippen LogP contribution in [0.3, 0.4) is 0 Å². The third-order valence-corrected chi connectivity index (χ3v) is 6.38. The quantitative estimate of drug-likeness (QED) is 0.865. The summed E-state index contributed by atoms with van der Waals surface area (Å²) in [5.41, 5.74) is 0. The Bertz CT molecular complexity index is 850. The summed E-state index contributed by atoms with van der Waals surface area (Å²) in [4.78, 5) is 16.2. The smallest absolute Gasteiger partial charge is 0.293 e. The van der Waals surface area contributed by atoms with E-state index >= 15 is 0 Å². The van der Waals surface area contributed by atoms with E-state index in [0.717, 1.165) is 0 Å². The lowest BCUT2D eigenvalue weighted by Gasteiger charge is -2.34. The van der Waals surface area contributed by atoms with Gasteiger partial charge in [0.25, 0.3) is 5.91 Å². The second kappa shape index (κ2) is 6.87. The van der Waals surface area contributed by atoms with Crippen molar-refractivity contribution in [1.82, 2.24) is 9.29 Å². The molecule has 1 aliphatic heterocycles. The Hall–Kier alpha value is -1.75. The van der Waals surface area contributed by atoms with E-state index in [-0.39, 0.29) is 41.7 Å². The molecule has 0 saturated carbocycles. The number of hydrogen-bond donors (Lipinski definition) is 1. The number of aryl methyl sites for hydroxylation is 1. The van der Waals surface area contributed by atoms with Crippen LogP contribution in [0.4, 0.5) is 5.13 Å². The number of anilines is 1. The fourth-order valence-corrected chi connectivity index (χ4v) is 5.02. The molecule has 0 bridgehead atoms. The van der Waals surface area contributed by atoms with Gasteiger partial charge < -0.3 is 9.15 Å². The molecule has 0 radical (unpaired) electrons. The van der Waals surface area contributed by atoms with Gasteiger partial charge in [0, 0.05) is 30.7 Å². The number of sulfonamides is 1. The zero-order valence-electron chi connectivity index (χ0n) is 14.1. The number of ether oxygens (including phenoxy) is 1. The maximum Gasteiger partial charge on any atom is 0.293 e. The second-order valence-electron chi connectivity index (χ2n) is 5.90. The van der Waals surface area contributed by atoms with Crippen LogP contribution >= 0.6 is 11.3 Å². The van der Waals surface area contributed by atoms with Crippen LogP contribution in [0, 0.1) is 6.92 Å². The number of thiazole rings is 1. The average Bonchev–Trinajstić information content (AvgIpc) is 3.16. The van der Waals surface area contributed by atoms with Crippen molar-refractivity contribution in [3.8, 4) is 0 Å². The highest BCUT2D eigenvalue weighted by Crippen LogP contribution is 2.27. The molecule has 2 aromatic heterocycles. The van der Waals surface area contributed by atoms with Gasteiger partial charge in [-0.05, 0) is 20.8 Å². The minimum atomic E-state index is -3.77. The SMILES string of the molecule is Cc1oc(C(=O)Nc2nccs2)cc1S(=O)(=O)N1C[C@@H](C)O[C@@H](C)C1. The van der Waals surface area contributed by atoms with Gasteiger partial charge in [-0.1, -0.05) is 0 Å². The van der Waals surface area contributed by atoms with Crippen molar-refractivity contribution < 1.29 is 22.4 Å². The lowest BCUT2D eigenvalue weighted by molar-refractivity contribution is -0.0441. The number of nitrogens with zero attached hydrogens (tertiary/aromatic N) is 2. The van der Waals surface area contributed by atoms with Crippen LogP contribution in [0.15, 0.2) is 27.0 Å². The number of rotatable bonds is 4. The van der Waals surface area contributed by atoms with Crippen molar-refractivity contribution in [2.75, 3.05) is 18.4 Å². The Morgan fingerprint density at radius 3 is 2.64 bits per heavy atom. The number of furan rings is 1. The monoisotopic (exact) mass is 385 g/mol. The number of nitrogens with one attached hydrogen (secondary N) is 1. The zero-order chi connectivity index (χ0) is 18.2. The summed E-state index contributed by atoms with van der Waals surface area (Å²) in [6.07, 6.45) is 1.17. The highest BCUT2D eigenvalue weighted by molar-refractivity contribution is 7.89. The normalized spacial score (nSPS) is 22.0. The predicted molar refractivity (Wildman–Crippen MR) is 92.3 cm³/mol. The molecule has 2 aromatic rings. The molecule has 25 heavy (non-hydrogen) atoms. The van der Waals surface area contributed by atoms with Crippen LogP contribution in [0.25, 0.3) is 0 Å². The Labute approximate surface area is 149 Å². The van der Waals surface area contributed by atoms with Crippen molar-refractivity contribution in [3.63, 3.8) is 0 Å². The van der Waals surface area contributed by atoms with E-state index in [2.05, 4.69) is 10.3 Å². The number of morpholine rings is 1. The molecule has 1 amide bonds. The molecule has 10 heteroatoms.